The minimum Gasteiger partial charge on any atom is -0.494 e. The molecular weight excluding hydrogens is 792 g/mol. The molecule has 340 valence electrons. The Bertz CT molecular complexity index is 1930. The van der Waals surface area contributed by atoms with Crippen molar-refractivity contribution in [2.45, 2.75) is 138 Å². The normalized spacial score (nSPS) is 13.3. The van der Waals surface area contributed by atoms with Crippen molar-refractivity contribution in [3.63, 3.8) is 0 Å². The average molecular weight is 869 g/mol. The summed E-state index contributed by atoms with van der Waals surface area (Å²) < 4.78 is 29.7. The maximum absolute atomic E-state index is 12.6. The summed E-state index contributed by atoms with van der Waals surface area (Å²) in [5.74, 6) is 2.39. The topological polar surface area (TPSA) is 106 Å². The SMILES string of the molecule is CCCCC(CCCOc1ccc(CNCCCP(=O)(O)OC(=O)CCNCc2ccc(OCCCC(CCC)Cc3ccc(C)c(C)c3)cc2)cc1)Cc1ccc(C)c(C)c1. The van der Waals surface area contributed by atoms with E-state index in [4.69, 9.17) is 14.0 Å². The molecule has 0 bridgehead atoms. The summed E-state index contributed by atoms with van der Waals surface area (Å²) in [7, 11) is -4.02. The second-order valence-electron chi connectivity index (χ2n) is 17.5. The summed E-state index contributed by atoms with van der Waals surface area (Å²) in [4.78, 5) is 22.6. The Morgan fingerprint density at radius 2 is 1.05 bits per heavy atom. The summed E-state index contributed by atoms with van der Waals surface area (Å²) in [6.45, 7) is 16.7. The third-order valence-corrected chi connectivity index (χ3v) is 13.3. The summed E-state index contributed by atoms with van der Waals surface area (Å²) in [5, 5.41) is 6.54. The van der Waals surface area contributed by atoms with Gasteiger partial charge in [0, 0.05) is 19.6 Å². The molecule has 0 saturated heterocycles. The number of aryl methyl sites for hydroxylation is 4. The second-order valence-corrected chi connectivity index (χ2v) is 19.4. The first kappa shape index (κ1) is 50.7. The van der Waals surface area contributed by atoms with E-state index in [1.54, 1.807) is 0 Å². The molecule has 3 unspecified atom stereocenters. The largest absolute Gasteiger partial charge is 0.494 e. The molecule has 3 N–H and O–H groups in total. The number of nitrogens with one attached hydrogen (secondary N) is 2. The fraction of sp³-hybridized carbons (Fsp3) is 0.528. The van der Waals surface area contributed by atoms with Gasteiger partial charge in [-0.1, -0.05) is 107 Å². The molecule has 62 heavy (non-hydrogen) atoms. The molecule has 3 atom stereocenters. The van der Waals surface area contributed by atoms with E-state index in [1.165, 1.54) is 65.5 Å². The Morgan fingerprint density at radius 1 is 0.581 bits per heavy atom. The van der Waals surface area contributed by atoms with E-state index in [9.17, 15) is 14.3 Å². The first-order valence-corrected chi connectivity index (χ1v) is 25.2. The molecule has 0 radical (unpaired) electrons. The van der Waals surface area contributed by atoms with Crippen molar-refractivity contribution in [1.29, 1.82) is 0 Å². The third-order valence-electron chi connectivity index (χ3n) is 12.0. The molecule has 4 aromatic carbocycles. The minimum atomic E-state index is -4.02. The predicted octanol–water partition coefficient (Wildman–Crippen LogP) is 12.3. The lowest BCUT2D eigenvalue weighted by atomic mass is 9.89. The van der Waals surface area contributed by atoms with Gasteiger partial charge in [-0.2, -0.15) is 0 Å². The first-order valence-electron chi connectivity index (χ1n) is 23.4. The van der Waals surface area contributed by atoms with Crippen LogP contribution in [0.2, 0.25) is 0 Å². The van der Waals surface area contributed by atoms with Crippen LogP contribution in [0.5, 0.6) is 11.5 Å². The molecule has 0 aliphatic rings. The molecule has 8 nitrogen and oxygen atoms in total. The Balaban J connectivity index is 1.02. The zero-order valence-electron chi connectivity index (χ0n) is 38.8. The van der Waals surface area contributed by atoms with Crippen LogP contribution in [0.15, 0.2) is 84.9 Å². The molecular formula is C53H77N2O6P. The Morgan fingerprint density at radius 3 is 1.53 bits per heavy atom. The lowest BCUT2D eigenvalue weighted by Crippen LogP contribution is -2.19. The lowest BCUT2D eigenvalue weighted by molar-refractivity contribution is -0.134. The number of rotatable bonds is 31. The van der Waals surface area contributed by atoms with Crippen LogP contribution < -0.4 is 20.1 Å². The van der Waals surface area contributed by atoms with E-state index in [0.717, 1.165) is 61.2 Å². The quantitative estimate of drug-likeness (QED) is 0.0339. The van der Waals surface area contributed by atoms with Crippen molar-refractivity contribution < 1.29 is 28.3 Å². The van der Waals surface area contributed by atoms with Gasteiger partial charge < -0.3 is 29.5 Å². The fourth-order valence-corrected chi connectivity index (χ4v) is 9.03. The molecule has 0 fully saturated rings. The lowest BCUT2D eigenvalue weighted by Gasteiger charge is -2.18. The zero-order valence-corrected chi connectivity index (χ0v) is 39.7. The summed E-state index contributed by atoms with van der Waals surface area (Å²) >= 11 is 0. The standard InChI is InChI=1S/C53H77N2O6P/c1-7-9-14-46(38-50-20-18-42(4)44(6)36-50)16-11-33-60-51-25-21-47(22-26-51)39-54-30-12-34-62(57,58)61-53(56)29-31-55-40-48-23-27-52(28-24-48)59-32-10-15-45(13-8-2)37-49-19-17-41(3)43(5)35-49/h17-28,35-36,45-46,54-55H,7-16,29-34,37-40H2,1-6H3,(H,57,58). The van der Waals surface area contributed by atoms with Crippen LogP contribution in [0.4, 0.5) is 0 Å². The van der Waals surface area contributed by atoms with Crippen molar-refractivity contribution >= 4 is 13.6 Å². The number of hydrogen-bond acceptors (Lipinski definition) is 7. The fourth-order valence-electron chi connectivity index (χ4n) is 7.97. The Hall–Kier alpha value is -3.94. The zero-order chi connectivity index (χ0) is 44.6. The van der Waals surface area contributed by atoms with Crippen LogP contribution in [0.3, 0.4) is 0 Å². The highest BCUT2D eigenvalue weighted by Crippen LogP contribution is 2.42. The number of ether oxygens (including phenoxy) is 2. The van der Waals surface area contributed by atoms with Gasteiger partial charge in [0.15, 0.2) is 0 Å². The van der Waals surface area contributed by atoms with Crippen LogP contribution in [0.1, 0.15) is 129 Å². The van der Waals surface area contributed by atoms with Crippen LogP contribution in [-0.2, 0) is 39.8 Å². The van der Waals surface area contributed by atoms with E-state index < -0.39 is 13.6 Å². The van der Waals surface area contributed by atoms with E-state index in [2.05, 4.69) is 88.6 Å². The number of carbonyl (C=O) groups is 1. The average Bonchev–Trinajstić information content (AvgIpc) is 3.25. The predicted molar refractivity (Wildman–Crippen MR) is 256 cm³/mol. The van der Waals surface area contributed by atoms with Gasteiger partial charge in [-0.15, -0.1) is 0 Å². The monoisotopic (exact) mass is 869 g/mol. The summed E-state index contributed by atoms with van der Waals surface area (Å²) in [6.07, 6.45) is 13.1. The molecule has 4 rings (SSSR count). The van der Waals surface area contributed by atoms with Crippen molar-refractivity contribution in [1.82, 2.24) is 10.6 Å². The Kier molecular flexibility index (Phi) is 22.9. The molecule has 4 aromatic rings. The maximum Gasteiger partial charge on any atom is 0.378 e. The maximum atomic E-state index is 12.6. The number of benzene rings is 4. The molecule has 0 amide bonds. The van der Waals surface area contributed by atoms with Crippen molar-refractivity contribution in [3.8, 4) is 11.5 Å². The van der Waals surface area contributed by atoms with Crippen LogP contribution in [0, 0.1) is 39.5 Å². The molecule has 0 aliphatic heterocycles. The number of carbonyl (C=O) groups excluding carboxylic acids is 1. The highest BCUT2D eigenvalue weighted by atomic mass is 31.2. The second kappa shape index (κ2) is 28.0. The van der Waals surface area contributed by atoms with E-state index in [0.29, 0.717) is 57.6 Å². The van der Waals surface area contributed by atoms with Crippen LogP contribution in [-0.4, -0.2) is 43.3 Å². The van der Waals surface area contributed by atoms with Gasteiger partial charge in [-0.3, -0.25) is 4.79 Å². The molecule has 0 heterocycles. The first-order chi connectivity index (χ1) is 29.9. The van der Waals surface area contributed by atoms with Crippen LogP contribution >= 0.6 is 7.60 Å². The van der Waals surface area contributed by atoms with Gasteiger partial charge in [0.25, 0.3) is 0 Å². The number of hydrogen-bond donors (Lipinski definition) is 3. The van der Waals surface area contributed by atoms with Gasteiger partial charge in [0.05, 0.1) is 25.8 Å². The van der Waals surface area contributed by atoms with Gasteiger partial charge in [-0.25, -0.2) is 4.57 Å². The third kappa shape index (κ3) is 20.1. The number of unbranched alkanes of at least 4 members (excludes halogenated alkanes) is 1. The smallest absolute Gasteiger partial charge is 0.378 e. The van der Waals surface area contributed by atoms with E-state index in [1.807, 2.05) is 48.5 Å². The van der Waals surface area contributed by atoms with Gasteiger partial charge in [-0.05, 0) is 160 Å². The van der Waals surface area contributed by atoms with Crippen molar-refractivity contribution in [3.05, 3.63) is 129 Å². The molecule has 9 heteroatoms. The molecule has 0 aliphatic carbocycles. The van der Waals surface area contributed by atoms with Gasteiger partial charge in [0.1, 0.15) is 11.5 Å². The van der Waals surface area contributed by atoms with Crippen molar-refractivity contribution in [2.75, 3.05) is 32.5 Å². The van der Waals surface area contributed by atoms with Gasteiger partial charge >= 0.3 is 13.6 Å². The molecule has 0 aromatic heterocycles. The van der Waals surface area contributed by atoms with Gasteiger partial charge in [0.2, 0.25) is 0 Å². The molecule has 0 saturated carbocycles. The summed E-state index contributed by atoms with van der Waals surface area (Å²) in [6, 6.07) is 29.8. The van der Waals surface area contributed by atoms with E-state index in [-0.39, 0.29) is 12.6 Å². The summed E-state index contributed by atoms with van der Waals surface area (Å²) in [5.41, 5.74) is 10.5. The minimum absolute atomic E-state index is 0.0134. The highest BCUT2D eigenvalue weighted by molar-refractivity contribution is 7.53. The van der Waals surface area contributed by atoms with E-state index >= 15 is 0 Å². The van der Waals surface area contributed by atoms with Crippen LogP contribution in [0.25, 0.3) is 0 Å². The van der Waals surface area contributed by atoms with Crippen molar-refractivity contribution in [2.24, 2.45) is 11.8 Å². The highest BCUT2D eigenvalue weighted by Gasteiger charge is 2.23. The molecule has 0 spiro atoms. The Labute approximate surface area is 374 Å².